The van der Waals surface area contributed by atoms with E-state index in [9.17, 15) is 18.0 Å². The molecule has 0 radical (unpaired) electrons. The molecule has 0 saturated carbocycles. The van der Waals surface area contributed by atoms with E-state index in [0.717, 1.165) is 48.9 Å². The number of carbonyl (C=O) groups excluding carboxylic acids is 1. The molecule has 1 saturated heterocycles. The monoisotopic (exact) mass is 479 g/mol. The Balaban J connectivity index is 0.000000383. The maximum atomic E-state index is 12.7. The minimum absolute atomic E-state index is 0.162. The number of aromatic nitrogens is 2. The standard InChI is InChI=1S/C19H19N5OS.C2HF3O2/c25-19(14-5-6-15(21-11-14)17-12-26-13-22-17)23-16-3-1-2-4-18(16)24-9-7-20-8-10-24;3-2(4,5)1(6)7/h1-6,11-13,20H,7-10H2,(H,23,25);(H,6,7). The fourth-order valence-corrected chi connectivity index (χ4v) is 3.52. The second-order valence-electron chi connectivity index (χ2n) is 6.82. The molecule has 3 aromatic rings. The van der Waals surface area contributed by atoms with Crippen molar-refractivity contribution in [3.05, 3.63) is 59.0 Å². The summed E-state index contributed by atoms with van der Waals surface area (Å²) in [7, 11) is 0. The summed E-state index contributed by atoms with van der Waals surface area (Å²) >= 11 is 1.52. The predicted octanol–water partition coefficient (Wildman–Crippen LogP) is 3.50. The molecule has 2 aromatic heterocycles. The molecule has 0 bridgehead atoms. The summed E-state index contributed by atoms with van der Waals surface area (Å²) in [4.78, 5) is 32.4. The van der Waals surface area contributed by atoms with Crippen LogP contribution in [0.15, 0.2) is 53.5 Å². The van der Waals surface area contributed by atoms with Gasteiger partial charge in [0.1, 0.15) is 0 Å². The molecular weight excluding hydrogens is 459 g/mol. The highest BCUT2D eigenvalue weighted by molar-refractivity contribution is 7.07. The minimum Gasteiger partial charge on any atom is -0.475 e. The Morgan fingerprint density at radius 2 is 1.76 bits per heavy atom. The van der Waals surface area contributed by atoms with Crippen LogP contribution in [-0.4, -0.2) is 59.3 Å². The van der Waals surface area contributed by atoms with Crippen molar-refractivity contribution >= 4 is 34.6 Å². The maximum Gasteiger partial charge on any atom is 0.490 e. The Morgan fingerprint density at radius 3 is 2.33 bits per heavy atom. The molecule has 3 N–H and O–H groups in total. The largest absolute Gasteiger partial charge is 0.490 e. The molecule has 3 heterocycles. The smallest absolute Gasteiger partial charge is 0.475 e. The number of halogens is 3. The number of thiazole rings is 1. The van der Waals surface area contributed by atoms with Gasteiger partial charge in [-0.15, -0.1) is 11.3 Å². The first-order chi connectivity index (χ1) is 15.8. The third-order valence-corrected chi connectivity index (χ3v) is 5.16. The van der Waals surface area contributed by atoms with Crippen LogP contribution in [0.2, 0.25) is 0 Å². The molecule has 0 atom stereocenters. The third kappa shape index (κ3) is 6.73. The lowest BCUT2D eigenvalue weighted by Gasteiger charge is -2.31. The number of benzene rings is 1. The zero-order valence-electron chi connectivity index (χ0n) is 17.2. The number of carbonyl (C=O) groups is 2. The molecule has 4 rings (SSSR count). The lowest BCUT2D eigenvalue weighted by Crippen LogP contribution is -2.43. The molecule has 1 amide bonds. The molecule has 0 aliphatic carbocycles. The van der Waals surface area contributed by atoms with Crippen LogP contribution >= 0.6 is 11.3 Å². The van der Waals surface area contributed by atoms with E-state index in [1.54, 1.807) is 17.8 Å². The number of amides is 1. The number of piperazine rings is 1. The number of pyridine rings is 1. The molecular formula is C21H20F3N5O3S. The van der Waals surface area contributed by atoms with Crippen molar-refractivity contribution in [3.63, 3.8) is 0 Å². The van der Waals surface area contributed by atoms with E-state index >= 15 is 0 Å². The van der Waals surface area contributed by atoms with Gasteiger partial charge in [0.2, 0.25) is 0 Å². The average molecular weight is 479 g/mol. The minimum atomic E-state index is -5.08. The highest BCUT2D eigenvalue weighted by Crippen LogP contribution is 2.26. The molecule has 1 fully saturated rings. The van der Waals surface area contributed by atoms with Gasteiger partial charge in [0, 0.05) is 37.8 Å². The van der Waals surface area contributed by atoms with Gasteiger partial charge in [0.05, 0.1) is 33.8 Å². The van der Waals surface area contributed by atoms with Gasteiger partial charge in [-0.3, -0.25) is 9.78 Å². The summed E-state index contributed by atoms with van der Waals surface area (Å²) in [5.41, 5.74) is 5.76. The van der Waals surface area contributed by atoms with E-state index in [4.69, 9.17) is 9.90 Å². The average Bonchev–Trinajstić information content (AvgIpc) is 3.35. The van der Waals surface area contributed by atoms with Crippen molar-refractivity contribution in [1.29, 1.82) is 0 Å². The van der Waals surface area contributed by atoms with Crippen LogP contribution in [0.1, 0.15) is 10.4 Å². The molecule has 174 valence electrons. The summed E-state index contributed by atoms with van der Waals surface area (Å²) in [5, 5.41) is 15.4. The molecule has 1 aliphatic heterocycles. The number of para-hydroxylation sites is 2. The molecule has 12 heteroatoms. The number of hydrogen-bond donors (Lipinski definition) is 3. The van der Waals surface area contributed by atoms with Gasteiger partial charge >= 0.3 is 12.1 Å². The summed E-state index contributed by atoms with van der Waals surface area (Å²) in [6.07, 6.45) is -3.49. The van der Waals surface area contributed by atoms with Crippen LogP contribution in [0, 0.1) is 0 Å². The molecule has 1 aromatic carbocycles. The number of carboxylic acid groups (broad SMARTS) is 1. The summed E-state index contributed by atoms with van der Waals surface area (Å²) in [6.45, 7) is 3.75. The van der Waals surface area contributed by atoms with Gasteiger partial charge in [-0.25, -0.2) is 9.78 Å². The SMILES string of the molecule is O=C(Nc1ccccc1N1CCNCC1)c1ccc(-c2cscn2)nc1.O=C(O)C(F)(F)F. The zero-order valence-corrected chi connectivity index (χ0v) is 18.0. The van der Waals surface area contributed by atoms with Crippen LogP contribution in [0.25, 0.3) is 11.4 Å². The Bertz CT molecular complexity index is 1070. The first kappa shape index (κ1) is 24.1. The maximum absolute atomic E-state index is 12.7. The second kappa shape index (κ2) is 10.9. The van der Waals surface area contributed by atoms with Crippen LogP contribution in [-0.2, 0) is 4.79 Å². The van der Waals surface area contributed by atoms with Crippen LogP contribution in [0.3, 0.4) is 0 Å². The number of rotatable bonds is 4. The van der Waals surface area contributed by atoms with Crippen LogP contribution in [0.5, 0.6) is 0 Å². The van der Waals surface area contributed by atoms with E-state index in [2.05, 4.69) is 25.5 Å². The Hall–Kier alpha value is -3.51. The Morgan fingerprint density at radius 1 is 1.06 bits per heavy atom. The number of aliphatic carboxylic acids is 1. The van der Waals surface area contributed by atoms with Crippen molar-refractivity contribution < 1.29 is 27.9 Å². The van der Waals surface area contributed by atoms with E-state index in [1.165, 1.54) is 11.3 Å². The fraction of sp³-hybridized carbons (Fsp3) is 0.238. The lowest BCUT2D eigenvalue weighted by molar-refractivity contribution is -0.192. The molecule has 33 heavy (non-hydrogen) atoms. The Kier molecular flexibility index (Phi) is 7.96. The topological polar surface area (TPSA) is 107 Å². The van der Waals surface area contributed by atoms with Crippen LogP contribution < -0.4 is 15.5 Å². The fourth-order valence-electron chi connectivity index (χ4n) is 2.97. The molecule has 0 spiro atoms. The van der Waals surface area contributed by atoms with Crippen LogP contribution in [0.4, 0.5) is 24.5 Å². The summed E-state index contributed by atoms with van der Waals surface area (Å²) < 4.78 is 31.7. The second-order valence-corrected chi connectivity index (χ2v) is 7.54. The Labute approximate surface area is 191 Å². The van der Waals surface area contributed by atoms with Crippen molar-refractivity contribution in [2.75, 3.05) is 36.4 Å². The highest BCUT2D eigenvalue weighted by atomic mass is 32.1. The van der Waals surface area contributed by atoms with Crippen molar-refractivity contribution in [2.45, 2.75) is 6.18 Å². The number of nitrogens with zero attached hydrogens (tertiary/aromatic N) is 3. The van der Waals surface area contributed by atoms with E-state index < -0.39 is 12.1 Å². The molecule has 0 unspecified atom stereocenters. The van der Waals surface area contributed by atoms with Gasteiger partial charge in [-0.1, -0.05) is 12.1 Å². The van der Waals surface area contributed by atoms with Gasteiger partial charge in [0.15, 0.2) is 0 Å². The van der Waals surface area contributed by atoms with Crippen molar-refractivity contribution in [2.24, 2.45) is 0 Å². The summed E-state index contributed by atoms with van der Waals surface area (Å²) in [5.74, 6) is -2.92. The van der Waals surface area contributed by atoms with Gasteiger partial charge in [0.25, 0.3) is 5.91 Å². The normalized spacial score (nSPS) is 13.6. The first-order valence-corrected chi connectivity index (χ1v) is 10.7. The molecule has 8 nitrogen and oxygen atoms in total. The molecule has 1 aliphatic rings. The van der Waals surface area contributed by atoms with Crippen molar-refractivity contribution in [3.8, 4) is 11.4 Å². The van der Waals surface area contributed by atoms with E-state index in [0.29, 0.717) is 5.56 Å². The number of nitrogens with one attached hydrogen (secondary N) is 2. The zero-order chi connectivity index (χ0) is 23.8. The van der Waals surface area contributed by atoms with Crippen molar-refractivity contribution in [1.82, 2.24) is 15.3 Å². The number of hydrogen-bond acceptors (Lipinski definition) is 7. The van der Waals surface area contributed by atoms with Gasteiger partial charge in [-0.2, -0.15) is 13.2 Å². The lowest BCUT2D eigenvalue weighted by atomic mass is 10.2. The predicted molar refractivity (Wildman–Crippen MR) is 119 cm³/mol. The summed E-state index contributed by atoms with van der Waals surface area (Å²) in [6, 6.07) is 11.5. The number of alkyl halides is 3. The highest BCUT2D eigenvalue weighted by Gasteiger charge is 2.38. The third-order valence-electron chi connectivity index (χ3n) is 4.57. The van der Waals surface area contributed by atoms with Gasteiger partial charge < -0.3 is 20.6 Å². The van der Waals surface area contributed by atoms with E-state index in [-0.39, 0.29) is 5.91 Å². The van der Waals surface area contributed by atoms with E-state index in [1.807, 2.05) is 35.7 Å². The van der Waals surface area contributed by atoms with Gasteiger partial charge in [-0.05, 0) is 24.3 Å². The first-order valence-electron chi connectivity index (χ1n) is 9.76. The number of anilines is 2. The quantitative estimate of drug-likeness (QED) is 0.526. The number of carboxylic acids is 1.